The van der Waals surface area contributed by atoms with Crippen LogP contribution in [0.5, 0.6) is 0 Å². The van der Waals surface area contributed by atoms with Gasteiger partial charge in [0, 0.05) is 5.69 Å². The zero-order chi connectivity index (χ0) is 23.7. The number of halogens is 1. The van der Waals surface area contributed by atoms with Gasteiger partial charge in [-0.2, -0.15) is 0 Å². The highest BCUT2D eigenvalue weighted by atomic mass is 32.1. The number of nitrogens with zero attached hydrogens (tertiary/aromatic N) is 2. The van der Waals surface area contributed by atoms with Crippen molar-refractivity contribution in [2.75, 3.05) is 5.32 Å². The molecule has 168 valence electrons. The van der Waals surface area contributed by atoms with E-state index < -0.39 is 11.9 Å². The van der Waals surface area contributed by atoms with Crippen molar-refractivity contribution in [2.45, 2.75) is 13.0 Å². The third-order valence-corrected chi connectivity index (χ3v) is 6.56. The van der Waals surface area contributed by atoms with Crippen molar-refractivity contribution >= 4 is 29.0 Å². The van der Waals surface area contributed by atoms with E-state index in [1.807, 2.05) is 54.6 Å². The Morgan fingerprint density at radius 1 is 1.00 bits per heavy atom. The normalized spacial score (nSPS) is 15.6. The Morgan fingerprint density at radius 3 is 2.32 bits per heavy atom. The predicted octanol–water partition coefficient (Wildman–Crippen LogP) is 4.01. The summed E-state index contributed by atoms with van der Waals surface area (Å²) in [4.78, 5) is 32.1. The largest absolute Gasteiger partial charge is 0.322 e. The number of fused-ring (bicyclic) bond motifs is 1. The highest BCUT2D eigenvalue weighted by Gasteiger charge is 2.32. The number of thiazole rings is 1. The summed E-state index contributed by atoms with van der Waals surface area (Å²) in [5.74, 6) is -0.754. The van der Waals surface area contributed by atoms with Gasteiger partial charge in [-0.1, -0.05) is 72.0 Å². The van der Waals surface area contributed by atoms with Crippen LogP contribution in [0.3, 0.4) is 0 Å². The molecule has 3 aromatic carbocycles. The number of carbonyl (C=O) groups excluding carboxylic acids is 1. The summed E-state index contributed by atoms with van der Waals surface area (Å²) in [6, 6.07) is 23.8. The van der Waals surface area contributed by atoms with Gasteiger partial charge in [0.2, 0.25) is 0 Å². The number of anilines is 1. The van der Waals surface area contributed by atoms with Gasteiger partial charge in [-0.15, -0.1) is 0 Å². The lowest BCUT2D eigenvalue weighted by atomic mass is 9.95. The highest BCUT2D eigenvalue weighted by molar-refractivity contribution is 7.07. The Hall–Kier alpha value is -4.10. The molecule has 1 unspecified atom stereocenters. The third kappa shape index (κ3) is 4.13. The summed E-state index contributed by atoms with van der Waals surface area (Å²) in [7, 11) is 0. The molecule has 0 radical (unpaired) electrons. The second-order valence-corrected chi connectivity index (χ2v) is 8.87. The van der Waals surface area contributed by atoms with Gasteiger partial charge in [0.25, 0.3) is 11.5 Å². The number of allylic oxidation sites excluding steroid dienone is 1. The average molecular weight is 470 g/mol. The van der Waals surface area contributed by atoms with Gasteiger partial charge < -0.3 is 5.32 Å². The topological polar surface area (TPSA) is 63.5 Å². The maximum Gasteiger partial charge on any atom is 0.271 e. The van der Waals surface area contributed by atoms with E-state index in [9.17, 15) is 14.0 Å². The Kier molecular flexibility index (Phi) is 5.77. The summed E-state index contributed by atoms with van der Waals surface area (Å²) in [5, 5.41) is 2.90. The second-order valence-electron chi connectivity index (χ2n) is 7.86. The Labute approximate surface area is 198 Å². The maximum atomic E-state index is 13.7. The molecule has 0 saturated carbocycles. The van der Waals surface area contributed by atoms with Gasteiger partial charge in [0.05, 0.1) is 21.8 Å². The van der Waals surface area contributed by atoms with Crippen molar-refractivity contribution in [2.24, 2.45) is 4.99 Å². The molecule has 0 spiro atoms. The minimum Gasteiger partial charge on any atom is -0.322 e. The number of hydrogen-bond donors (Lipinski definition) is 1. The number of benzene rings is 3. The molecular formula is C27H20FN3O2S. The summed E-state index contributed by atoms with van der Waals surface area (Å²) >= 11 is 1.27. The van der Waals surface area contributed by atoms with Crippen LogP contribution < -0.4 is 20.2 Å². The van der Waals surface area contributed by atoms with E-state index in [2.05, 4.69) is 10.3 Å². The number of aromatic nitrogens is 1. The average Bonchev–Trinajstić information content (AvgIpc) is 3.14. The van der Waals surface area contributed by atoms with Crippen LogP contribution in [0.25, 0.3) is 6.08 Å². The number of rotatable bonds is 4. The Morgan fingerprint density at radius 2 is 1.65 bits per heavy atom. The maximum absolute atomic E-state index is 13.7. The number of carbonyl (C=O) groups is 1. The van der Waals surface area contributed by atoms with Gasteiger partial charge in [-0.3, -0.25) is 14.2 Å². The van der Waals surface area contributed by atoms with Crippen LogP contribution >= 0.6 is 11.3 Å². The molecule has 5 rings (SSSR count). The Bertz CT molecular complexity index is 1570. The van der Waals surface area contributed by atoms with Crippen LogP contribution in [0.4, 0.5) is 10.1 Å². The van der Waals surface area contributed by atoms with Gasteiger partial charge in [-0.25, -0.2) is 9.38 Å². The zero-order valence-corrected chi connectivity index (χ0v) is 19.1. The number of amides is 1. The lowest BCUT2D eigenvalue weighted by Crippen LogP contribution is -2.40. The summed E-state index contributed by atoms with van der Waals surface area (Å²) in [6.07, 6.45) is 1.81. The molecule has 34 heavy (non-hydrogen) atoms. The lowest BCUT2D eigenvalue weighted by molar-refractivity contribution is -0.113. The first kappa shape index (κ1) is 21.7. The fourth-order valence-corrected chi connectivity index (χ4v) is 5.04. The first-order valence-electron chi connectivity index (χ1n) is 10.7. The Balaban J connectivity index is 1.68. The summed E-state index contributed by atoms with van der Waals surface area (Å²) < 4.78 is 15.8. The van der Waals surface area contributed by atoms with Crippen molar-refractivity contribution in [3.63, 3.8) is 0 Å². The molecular weight excluding hydrogens is 449 g/mol. The van der Waals surface area contributed by atoms with Crippen molar-refractivity contribution in [3.05, 3.63) is 133 Å². The fourth-order valence-electron chi connectivity index (χ4n) is 3.99. The molecule has 2 heterocycles. The van der Waals surface area contributed by atoms with Crippen molar-refractivity contribution in [1.29, 1.82) is 0 Å². The molecule has 1 N–H and O–H groups in total. The van der Waals surface area contributed by atoms with E-state index in [1.54, 1.807) is 31.2 Å². The van der Waals surface area contributed by atoms with E-state index in [0.717, 1.165) is 5.56 Å². The van der Waals surface area contributed by atoms with Gasteiger partial charge >= 0.3 is 0 Å². The van der Waals surface area contributed by atoms with Crippen molar-refractivity contribution < 1.29 is 9.18 Å². The minimum absolute atomic E-state index is 0.251. The van der Waals surface area contributed by atoms with Crippen LogP contribution in [-0.2, 0) is 4.79 Å². The fraction of sp³-hybridized carbons (Fsp3) is 0.0741. The molecule has 7 heteroatoms. The molecule has 1 amide bonds. The highest BCUT2D eigenvalue weighted by Crippen LogP contribution is 2.30. The smallest absolute Gasteiger partial charge is 0.271 e. The number of hydrogen-bond acceptors (Lipinski definition) is 4. The van der Waals surface area contributed by atoms with E-state index >= 15 is 0 Å². The minimum atomic E-state index is -0.738. The third-order valence-electron chi connectivity index (χ3n) is 5.58. The van der Waals surface area contributed by atoms with E-state index in [1.165, 1.54) is 28.0 Å². The van der Waals surface area contributed by atoms with Crippen LogP contribution in [0, 0.1) is 5.82 Å². The molecule has 0 bridgehead atoms. The molecule has 0 fully saturated rings. The number of nitrogens with one attached hydrogen (secondary N) is 1. The zero-order valence-electron chi connectivity index (χ0n) is 18.2. The molecule has 0 aliphatic carbocycles. The molecule has 5 nitrogen and oxygen atoms in total. The monoisotopic (exact) mass is 469 g/mol. The predicted molar refractivity (Wildman–Crippen MR) is 132 cm³/mol. The van der Waals surface area contributed by atoms with Crippen LogP contribution in [0.2, 0.25) is 0 Å². The van der Waals surface area contributed by atoms with Gasteiger partial charge in [0.1, 0.15) is 5.82 Å². The first-order valence-corrected chi connectivity index (χ1v) is 11.5. The van der Waals surface area contributed by atoms with Gasteiger partial charge in [0.15, 0.2) is 4.80 Å². The van der Waals surface area contributed by atoms with Crippen molar-refractivity contribution in [1.82, 2.24) is 4.57 Å². The molecule has 0 saturated heterocycles. The van der Waals surface area contributed by atoms with Crippen LogP contribution in [-0.4, -0.2) is 10.5 Å². The van der Waals surface area contributed by atoms with Crippen LogP contribution in [0.15, 0.2) is 106 Å². The standard InChI is InChI=1S/C27H20FN3O2S/c1-17-23(25(32)30-21-10-6-3-7-11-21)24(19-12-14-20(28)15-13-19)31-26(33)22(34-27(31)29-17)16-18-8-4-2-5-9-18/h2-16,24H,1H3,(H,30,32). The van der Waals surface area contributed by atoms with Gasteiger partial charge in [-0.05, 0) is 48.4 Å². The van der Waals surface area contributed by atoms with E-state index in [4.69, 9.17) is 0 Å². The molecule has 1 aliphatic heterocycles. The summed E-state index contributed by atoms with van der Waals surface area (Å²) in [6.45, 7) is 1.75. The van der Waals surface area contributed by atoms with Crippen molar-refractivity contribution in [3.8, 4) is 0 Å². The summed E-state index contributed by atoms with van der Waals surface area (Å²) in [5.41, 5.74) is 2.75. The first-order chi connectivity index (χ1) is 16.5. The lowest BCUT2D eigenvalue weighted by Gasteiger charge is -2.25. The molecule has 1 aliphatic rings. The SMILES string of the molecule is CC1=C(C(=O)Nc2ccccc2)C(c2ccc(F)cc2)n2c(sc(=Cc3ccccc3)c2=O)=N1. The quantitative estimate of drug-likeness (QED) is 0.491. The van der Waals surface area contributed by atoms with E-state index in [0.29, 0.717) is 31.9 Å². The molecule has 1 aromatic heterocycles. The molecule has 4 aromatic rings. The second kappa shape index (κ2) is 9.03. The molecule has 1 atom stereocenters. The van der Waals surface area contributed by atoms with Crippen LogP contribution in [0.1, 0.15) is 24.1 Å². The van der Waals surface area contributed by atoms with E-state index in [-0.39, 0.29) is 11.5 Å². The number of para-hydroxylation sites is 1.